The molecule has 0 fully saturated rings. The van der Waals surface area contributed by atoms with Gasteiger partial charge in [-0.2, -0.15) is 0 Å². The molecule has 1 aromatic heterocycles. The second-order valence-corrected chi connectivity index (χ2v) is 12.9. The normalized spacial score (nSPS) is 17.3. The van der Waals surface area contributed by atoms with Crippen LogP contribution in [0.4, 0.5) is 0 Å². The summed E-state index contributed by atoms with van der Waals surface area (Å²) in [5.41, 5.74) is 6.83. The summed E-state index contributed by atoms with van der Waals surface area (Å²) in [5, 5.41) is 2.30. The van der Waals surface area contributed by atoms with Crippen LogP contribution in [0.3, 0.4) is 0 Å². The third kappa shape index (κ3) is 3.18. The Bertz CT molecular complexity index is 2160. The standard InChI is InChI=1S/C38H27NOS/c1-41(40)34-24-14-12-22-32(34)38(27-15-5-2-6-16-27,28-17-7-3-8-18-28)36-35(41)26-25-31-30-21-11-13-23-33(30)39(37(31)36)29-19-9-4-10-20-29/h2-26H,1H2. The van der Waals surface area contributed by atoms with E-state index in [0.29, 0.717) is 0 Å². The summed E-state index contributed by atoms with van der Waals surface area (Å²) in [5.74, 6) is 4.45. The maximum absolute atomic E-state index is 15.0. The molecule has 0 N–H and O–H groups in total. The van der Waals surface area contributed by atoms with Crippen LogP contribution in [0.2, 0.25) is 0 Å². The van der Waals surface area contributed by atoms with E-state index in [-0.39, 0.29) is 0 Å². The Hall–Kier alpha value is -4.86. The molecular formula is C38H27NOS. The van der Waals surface area contributed by atoms with Crippen molar-refractivity contribution in [3.05, 3.63) is 174 Å². The Morgan fingerprint density at radius 2 is 1.10 bits per heavy atom. The van der Waals surface area contributed by atoms with Crippen molar-refractivity contribution in [2.24, 2.45) is 0 Å². The Kier molecular flexibility index (Phi) is 5.16. The second kappa shape index (κ2) is 8.82. The molecule has 0 saturated carbocycles. The molecule has 0 bridgehead atoms. The minimum absolute atomic E-state index is 0.729. The summed E-state index contributed by atoms with van der Waals surface area (Å²) in [7, 11) is -2.83. The first kappa shape index (κ1) is 24.0. The van der Waals surface area contributed by atoms with Crippen LogP contribution in [0.5, 0.6) is 0 Å². The first-order valence-corrected chi connectivity index (χ1v) is 15.6. The summed E-state index contributed by atoms with van der Waals surface area (Å²) in [6.45, 7) is 0. The molecule has 3 heteroatoms. The summed E-state index contributed by atoms with van der Waals surface area (Å²) >= 11 is 0. The lowest BCUT2D eigenvalue weighted by atomic mass is 9.64. The first-order valence-electron chi connectivity index (χ1n) is 13.8. The third-order valence-electron chi connectivity index (χ3n) is 8.60. The molecular weight excluding hydrogens is 518 g/mol. The lowest BCUT2D eigenvalue weighted by Crippen LogP contribution is -2.38. The van der Waals surface area contributed by atoms with Crippen LogP contribution in [0, 0.1) is 0 Å². The SMILES string of the molecule is C=S1(=O)c2ccccc2C(c2ccccc2)(c2ccccc2)c2c1ccc1c3ccccc3n(-c3ccccc3)c21. The maximum atomic E-state index is 15.0. The van der Waals surface area contributed by atoms with Gasteiger partial charge in [0.25, 0.3) is 0 Å². The lowest BCUT2D eigenvalue weighted by molar-refractivity contribution is 0.654. The predicted molar refractivity (Wildman–Crippen MR) is 171 cm³/mol. The van der Waals surface area contributed by atoms with Crippen LogP contribution in [-0.4, -0.2) is 14.6 Å². The van der Waals surface area contributed by atoms with Crippen molar-refractivity contribution >= 4 is 37.2 Å². The molecule has 196 valence electrons. The molecule has 7 aromatic rings. The van der Waals surface area contributed by atoms with E-state index in [1.54, 1.807) is 0 Å². The zero-order valence-corrected chi connectivity index (χ0v) is 23.2. The van der Waals surface area contributed by atoms with Gasteiger partial charge in [-0.1, -0.05) is 121 Å². The number of hydrogen-bond acceptors (Lipinski definition) is 1. The molecule has 41 heavy (non-hydrogen) atoms. The molecule has 2 heterocycles. The Morgan fingerprint density at radius 1 is 0.537 bits per heavy atom. The number of fused-ring (bicyclic) bond motifs is 6. The molecule has 0 aliphatic carbocycles. The molecule has 1 unspecified atom stereocenters. The van der Waals surface area contributed by atoms with Gasteiger partial charge < -0.3 is 4.57 Å². The average molecular weight is 546 g/mol. The van der Waals surface area contributed by atoms with Crippen LogP contribution in [0.15, 0.2) is 161 Å². The molecule has 8 rings (SSSR count). The van der Waals surface area contributed by atoms with Gasteiger partial charge >= 0.3 is 0 Å². The van der Waals surface area contributed by atoms with Crippen molar-refractivity contribution in [1.29, 1.82) is 0 Å². The lowest BCUT2D eigenvalue weighted by Gasteiger charge is -2.43. The van der Waals surface area contributed by atoms with Crippen LogP contribution >= 0.6 is 0 Å². The summed E-state index contributed by atoms with van der Waals surface area (Å²) in [6, 6.07) is 52.8. The van der Waals surface area contributed by atoms with Gasteiger partial charge in [-0.15, -0.1) is 0 Å². The van der Waals surface area contributed by atoms with Gasteiger partial charge in [0.15, 0.2) is 0 Å². The van der Waals surface area contributed by atoms with E-state index in [4.69, 9.17) is 0 Å². The van der Waals surface area contributed by atoms with Crippen molar-refractivity contribution in [2.75, 3.05) is 0 Å². The highest BCUT2D eigenvalue weighted by molar-refractivity contribution is 8.00. The molecule has 1 aliphatic heterocycles. The zero-order valence-electron chi connectivity index (χ0n) is 22.4. The van der Waals surface area contributed by atoms with Gasteiger partial charge in [0.1, 0.15) is 0 Å². The van der Waals surface area contributed by atoms with E-state index in [2.05, 4.69) is 144 Å². The quantitative estimate of drug-likeness (QED) is 0.204. The monoisotopic (exact) mass is 545 g/mol. The maximum Gasteiger partial charge on any atom is 0.0745 e. The molecule has 1 atom stereocenters. The van der Waals surface area contributed by atoms with Crippen LogP contribution in [-0.2, 0) is 14.9 Å². The largest absolute Gasteiger partial charge is 0.309 e. The van der Waals surface area contributed by atoms with Crippen LogP contribution in [0.1, 0.15) is 22.3 Å². The van der Waals surface area contributed by atoms with E-state index in [9.17, 15) is 4.21 Å². The second-order valence-electron chi connectivity index (χ2n) is 10.7. The van der Waals surface area contributed by atoms with Crippen molar-refractivity contribution < 1.29 is 4.21 Å². The highest BCUT2D eigenvalue weighted by Crippen LogP contribution is 2.56. The molecule has 0 saturated heterocycles. The first-order chi connectivity index (χ1) is 20.1. The van der Waals surface area contributed by atoms with E-state index >= 15 is 0 Å². The highest BCUT2D eigenvalue weighted by Gasteiger charge is 2.48. The predicted octanol–water partition coefficient (Wildman–Crippen LogP) is 8.61. The van der Waals surface area contributed by atoms with Crippen LogP contribution < -0.4 is 0 Å². The van der Waals surface area contributed by atoms with E-state index < -0.39 is 14.9 Å². The van der Waals surface area contributed by atoms with Gasteiger partial charge in [-0.05, 0) is 52.9 Å². The average Bonchev–Trinajstić information content (AvgIpc) is 3.37. The number of hydrogen-bond donors (Lipinski definition) is 0. The molecule has 1 aliphatic rings. The molecule has 0 radical (unpaired) electrons. The fourth-order valence-corrected chi connectivity index (χ4v) is 8.96. The van der Waals surface area contributed by atoms with Gasteiger partial charge in [0, 0.05) is 41.3 Å². The summed E-state index contributed by atoms with van der Waals surface area (Å²) in [6.07, 6.45) is 0. The minimum Gasteiger partial charge on any atom is -0.309 e. The third-order valence-corrected chi connectivity index (χ3v) is 10.7. The van der Waals surface area contributed by atoms with Gasteiger partial charge in [0.05, 0.1) is 16.4 Å². The Balaban J connectivity index is 1.71. The minimum atomic E-state index is -2.83. The van der Waals surface area contributed by atoms with Gasteiger partial charge in [-0.3, -0.25) is 4.21 Å². The van der Waals surface area contributed by atoms with Crippen molar-refractivity contribution in [1.82, 2.24) is 4.57 Å². The van der Waals surface area contributed by atoms with Crippen molar-refractivity contribution in [2.45, 2.75) is 15.2 Å². The van der Waals surface area contributed by atoms with Gasteiger partial charge in [-0.25, -0.2) is 0 Å². The number of para-hydroxylation sites is 2. The fraction of sp³-hybridized carbons (Fsp3) is 0.0263. The molecule has 0 amide bonds. The fourth-order valence-electron chi connectivity index (χ4n) is 6.98. The number of rotatable bonds is 3. The molecule has 6 aromatic carbocycles. The number of aromatic nitrogens is 1. The molecule has 0 spiro atoms. The summed E-state index contributed by atoms with van der Waals surface area (Å²) < 4.78 is 17.3. The van der Waals surface area contributed by atoms with E-state index in [1.165, 1.54) is 5.39 Å². The van der Waals surface area contributed by atoms with E-state index in [1.807, 2.05) is 18.2 Å². The van der Waals surface area contributed by atoms with E-state index in [0.717, 1.165) is 54.2 Å². The Labute approximate surface area is 240 Å². The van der Waals surface area contributed by atoms with Gasteiger partial charge in [0.2, 0.25) is 0 Å². The van der Waals surface area contributed by atoms with Crippen molar-refractivity contribution in [3.8, 4) is 5.69 Å². The number of nitrogens with zero attached hydrogens (tertiary/aromatic N) is 1. The van der Waals surface area contributed by atoms with Crippen LogP contribution in [0.25, 0.3) is 27.5 Å². The van der Waals surface area contributed by atoms with Crippen molar-refractivity contribution in [3.63, 3.8) is 0 Å². The highest BCUT2D eigenvalue weighted by atomic mass is 32.2. The summed E-state index contributed by atoms with van der Waals surface area (Å²) in [4.78, 5) is 1.58. The topological polar surface area (TPSA) is 22.0 Å². The zero-order chi connectivity index (χ0) is 27.6. The smallest absolute Gasteiger partial charge is 0.0745 e. The Morgan fingerprint density at radius 3 is 1.78 bits per heavy atom. The number of benzene rings is 6. The molecule has 2 nitrogen and oxygen atoms in total.